The number of nitrogens with zero attached hydrogens (tertiary/aromatic N) is 2. The Bertz CT molecular complexity index is 536. The summed E-state index contributed by atoms with van der Waals surface area (Å²) in [5.41, 5.74) is 1.18. The van der Waals surface area contributed by atoms with Crippen molar-refractivity contribution in [2.24, 2.45) is 5.92 Å². The Hall–Kier alpha value is -1.38. The number of nitrogens with one attached hydrogen (secondary N) is 1. The lowest BCUT2D eigenvalue weighted by Crippen LogP contribution is -2.31. The summed E-state index contributed by atoms with van der Waals surface area (Å²) in [4.78, 5) is 14.0. The Labute approximate surface area is 121 Å². The summed E-state index contributed by atoms with van der Waals surface area (Å²) in [6.07, 6.45) is 0.813. The fourth-order valence-corrected chi connectivity index (χ4v) is 2.61. The lowest BCUT2D eigenvalue weighted by Gasteiger charge is -2.17. The van der Waals surface area contributed by atoms with E-state index in [1.807, 2.05) is 6.07 Å². The number of amides is 1. The van der Waals surface area contributed by atoms with E-state index in [-0.39, 0.29) is 11.9 Å². The zero-order chi connectivity index (χ0) is 14.0. The van der Waals surface area contributed by atoms with Crippen molar-refractivity contribution in [2.45, 2.75) is 26.3 Å². The van der Waals surface area contributed by atoms with E-state index in [0.717, 1.165) is 10.9 Å². The van der Waals surface area contributed by atoms with Gasteiger partial charge in [0.1, 0.15) is 6.07 Å². The smallest absolute Gasteiger partial charge is 0.245 e. The molecule has 0 aromatic heterocycles. The van der Waals surface area contributed by atoms with E-state index in [9.17, 15) is 10.1 Å². The highest BCUT2D eigenvalue weighted by Crippen LogP contribution is 2.27. The topological polar surface area (TPSA) is 56.1 Å². The molecule has 1 aliphatic heterocycles. The van der Waals surface area contributed by atoms with Crippen molar-refractivity contribution in [2.75, 3.05) is 11.6 Å². The average Bonchev–Trinajstić information content (AvgIpc) is 2.70. The second-order valence-electron chi connectivity index (χ2n) is 5.08. The predicted molar refractivity (Wildman–Crippen MR) is 77.6 cm³/mol. The standard InChI is InChI=1S/C14H16BrN3O/c1-9(2)5-12-14(19)18(8-17-12)13-4-3-11(15)6-10(13)7-16/h3-4,6,9,12,17H,5,8H2,1-2H3. The zero-order valence-electron chi connectivity index (χ0n) is 11.0. The van der Waals surface area contributed by atoms with Crippen LogP contribution < -0.4 is 10.2 Å². The van der Waals surface area contributed by atoms with Crippen LogP contribution in [0.15, 0.2) is 22.7 Å². The minimum absolute atomic E-state index is 0.0486. The molecular formula is C14H16BrN3O. The van der Waals surface area contributed by atoms with Crippen LogP contribution in [-0.4, -0.2) is 18.6 Å². The van der Waals surface area contributed by atoms with Crippen molar-refractivity contribution in [3.63, 3.8) is 0 Å². The number of anilines is 1. The number of hydrogen-bond donors (Lipinski definition) is 1. The maximum absolute atomic E-state index is 12.3. The molecule has 19 heavy (non-hydrogen) atoms. The summed E-state index contributed by atoms with van der Waals surface area (Å²) in [7, 11) is 0. The van der Waals surface area contributed by atoms with Crippen molar-refractivity contribution < 1.29 is 4.79 Å². The second kappa shape index (κ2) is 5.72. The van der Waals surface area contributed by atoms with Crippen molar-refractivity contribution in [1.82, 2.24) is 5.32 Å². The molecule has 100 valence electrons. The first-order chi connectivity index (χ1) is 9.02. The van der Waals surface area contributed by atoms with Crippen molar-refractivity contribution >= 4 is 27.5 Å². The normalized spacial score (nSPS) is 19.0. The number of benzene rings is 1. The van der Waals surface area contributed by atoms with E-state index in [1.54, 1.807) is 17.0 Å². The molecule has 0 bridgehead atoms. The maximum atomic E-state index is 12.3. The molecule has 0 aliphatic carbocycles. The third-order valence-electron chi connectivity index (χ3n) is 3.14. The Morgan fingerprint density at radius 3 is 2.95 bits per heavy atom. The van der Waals surface area contributed by atoms with Gasteiger partial charge in [-0.2, -0.15) is 5.26 Å². The highest BCUT2D eigenvalue weighted by molar-refractivity contribution is 9.10. The first-order valence-electron chi connectivity index (χ1n) is 6.27. The van der Waals surface area contributed by atoms with Gasteiger partial charge in [0.25, 0.3) is 0 Å². The highest BCUT2D eigenvalue weighted by Gasteiger charge is 2.33. The number of carbonyl (C=O) groups excluding carboxylic acids is 1. The molecule has 0 spiro atoms. The first-order valence-corrected chi connectivity index (χ1v) is 7.06. The van der Waals surface area contributed by atoms with Crippen LogP contribution in [0.1, 0.15) is 25.8 Å². The number of rotatable bonds is 3. The summed E-state index contributed by atoms with van der Waals surface area (Å²) >= 11 is 3.34. The fourth-order valence-electron chi connectivity index (χ4n) is 2.25. The summed E-state index contributed by atoms with van der Waals surface area (Å²) in [5, 5.41) is 12.4. The molecule has 1 aromatic carbocycles. The molecule has 0 radical (unpaired) electrons. The summed E-state index contributed by atoms with van der Waals surface area (Å²) in [6, 6.07) is 7.38. The van der Waals surface area contributed by atoms with Gasteiger partial charge in [-0.15, -0.1) is 0 Å². The second-order valence-corrected chi connectivity index (χ2v) is 6.00. The molecule has 1 N–H and O–H groups in total. The lowest BCUT2D eigenvalue weighted by atomic mass is 10.0. The van der Waals surface area contributed by atoms with E-state index in [0.29, 0.717) is 23.8 Å². The summed E-state index contributed by atoms with van der Waals surface area (Å²) in [5.74, 6) is 0.509. The number of halogens is 1. The first kappa shape index (κ1) is 14.0. The van der Waals surface area contributed by atoms with Gasteiger partial charge in [-0.05, 0) is 30.5 Å². The van der Waals surface area contributed by atoms with Gasteiger partial charge >= 0.3 is 0 Å². The highest BCUT2D eigenvalue weighted by atomic mass is 79.9. The van der Waals surface area contributed by atoms with Crippen LogP contribution >= 0.6 is 15.9 Å². The van der Waals surface area contributed by atoms with E-state index in [4.69, 9.17) is 0 Å². The summed E-state index contributed by atoms with van der Waals surface area (Å²) < 4.78 is 0.839. The molecule has 1 aliphatic rings. The predicted octanol–water partition coefficient (Wildman–Crippen LogP) is 2.63. The van der Waals surface area contributed by atoms with Gasteiger partial charge in [-0.3, -0.25) is 15.0 Å². The number of carbonyl (C=O) groups is 1. The van der Waals surface area contributed by atoms with Gasteiger partial charge in [0.2, 0.25) is 5.91 Å². The molecule has 2 rings (SSSR count). The van der Waals surface area contributed by atoms with E-state index in [2.05, 4.69) is 41.2 Å². The van der Waals surface area contributed by atoms with Crippen molar-refractivity contribution in [1.29, 1.82) is 5.26 Å². The molecule has 1 amide bonds. The third-order valence-corrected chi connectivity index (χ3v) is 3.63. The van der Waals surface area contributed by atoms with Crippen LogP contribution in [0.2, 0.25) is 0 Å². The Kier molecular flexibility index (Phi) is 4.23. The van der Waals surface area contributed by atoms with Crippen molar-refractivity contribution in [3.8, 4) is 6.07 Å². The fraction of sp³-hybridized carbons (Fsp3) is 0.429. The van der Waals surface area contributed by atoms with E-state index in [1.165, 1.54) is 0 Å². The van der Waals surface area contributed by atoms with Crippen molar-refractivity contribution in [3.05, 3.63) is 28.2 Å². The molecule has 4 nitrogen and oxygen atoms in total. The lowest BCUT2D eigenvalue weighted by molar-refractivity contribution is -0.118. The quantitative estimate of drug-likeness (QED) is 0.931. The van der Waals surface area contributed by atoms with Crippen LogP contribution in [0.5, 0.6) is 0 Å². The molecule has 1 aromatic rings. The molecule has 1 atom stereocenters. The third kappa shape index (κ3) is 2.96. The Balaban J connectivity index is 2.25. The Morgan fingerprint density at radius 2 is 2.32 bits per heavy atom. The summed E-state index contributed by atoms with van der Waals surface area (Å²) in [6.45, 7) is 4.66. The van der Waals surface area contributed by atoms with Gasteiger partial charge in [-0.1, -0.05) is 29.8 Å². The van der Waals surface area contributed by atoms with Crippen LogP contribution in [0.3, 0.4) is 0 Å². The van der Waals surface area contributed by atoms with E-state index < -0.39 is 0 Å². The largest absolute Gasteiger partial charge is 0.296 e. The van der Waals surface area contributed by atoms with Crippen LogP contribution in [0.25, 0.3) is 0 Å². The molecule has 1 unspecified atom stereocenters. The molecule has 1 heterocycles. The molecule has 5 heteroatoms. The van der Waals surface area contributed by atoms with Crippen LogP contribution in [0.4, 0.5) is 5.69 Å². The minimum atomic E-state index is -0.143. The molecule has 1 saturated heterocycles. The SMILES string of the molecule is CC(C)CC1NCN(c2ccc(Br)cc2C#N)C1=O. The molecule has 0 saturated carbocycles. The van der Waals surface area contributed by atoms with Gasteiger partial charge < -0.3 is 0 Å². The van der Waals surface area contributed by atoms with Gasteiger partial charge in [0.15, 0.2) is 0 Å². The van der Waals surface area contributed by atoms with Gasteiger partial charge in [0, 0.05) is 4.47 Å². The van der Waals surface area contributed by atoms with Crippen LogP contribution in [0, 0.1) is 17.2 Å². The maximum Gasteiger partial charge on any atom is 0.245 e. The molecular weight excluding hydrogens is 306 g/mol. The zero-order valence-corrected chi connectivity index (χ0v) is 12.6. The Morgan fingerprint density at radius 1 is 1.58 bits per heavy atom. The monoisotopic (exact) mass is 321 g/mol. The number of nitriles is 1. The average molecular weight is 322 g/mol. The van der Waals surface area contributed by atoms with Gasteiger partial charge in [-0.25, -0.2) is 0 Å². The van der Waals surface area contributed by atoms with Crippen LogP contribution in [-0.2, 0) is 4.79 Å². The minimum Gasteiger partial charge on any atom is -0.296 e. The molecule has 1 fully saturated rings. The van der Waals surface area contributed by atoms with Gasteiger partial charge in [0.05, 0.1) is 24.0 Å². The van der Waals surface area contributed by atoms with E-state index >= 15 is 0 Å². The number of hydrogen-bond acceptors (Lipinski definition) is 3.